The zero-order chi connectivity index (χ0) is 16.1. The van der Waals surface area contributed by atoms with Crippen LogP contribution in [0.25, 0.3) is 10.4 Å². The van der Waals surface area contributed by atoms with Gasteiger partial charge < -0.3 is 9.47 Å². The van der Waals surface area contributed by atoms with Gasteiger partial charge in [-0.3, -0.25) is 14.3 Å². The summed E-state index contributed by atoms with van der Waals surface area (Å²) in [7, 11) is 0. The van der Waals surface area contributed by atoms with Gasteiger partial charge in [-0.1, -0.05) is 12.0 Å². The largest absolute Gasteiger partial charge is 0.379 e. The van der Waals surface area contributed by atoms with Gasteiger partial charge in [-0.25, -0.2) is 4.79 Å². The van der Waals surface area contributed by atoms with Crippen LogP contribution in [-0.2, 0) is 9.47 Å². The van der Waals surface area contributed by atoms with E-state index in [1.54, 1.807) is 6.92 Å². The molecule has 1 aliphatic rings. The second kappa shape index (κ2) is 7.26. The van der Waals surface area contributed by atoms with Gasteiger partial charge in [0, 0.05) is 29.7 Å². The molecule has 1 aromatic heterocycles. The van der Waals surface area contributed by atoms with E-state index in [0.29, 0.717) is 25.2 Å². The van der Waals surface area contributed by atoms with Crippen LogP contribution in [0.3, 0.4) is 0 Å². The van der Waals surface area contributed by atoms with Crippen LogP contribution in [-0.4, -0.2) is 34.9 Å². The highest BCUT2D eigenvalue weighted by Gasteiger charge is 2.36. The Labute approximate surface area is 126 Å². The van der Waals surface area contributed by atoms with Crippen LogP contribution in [0, 0.1) is 6.92 Å². The molecule has 1 N–H and O–H groups in total. The van der Waals surface area contributed by atoms with Crippen molar-refractivity contribution in [3.05, 3.63) is 43.0 Å². The van der Waals surface area contributed by atoms with Crippen molar-refractivity contribution < 1.29 is 9.47 Å². The van der Waals surface area contributed by atoms with Gasteiger partial charge in [0.15, 0.2) is 0 Å². The molecule has 0 amide bonds. The van der Waals surface area contributed by atoms with E-state index in [1.165, 1.54) is 10.8 Å². The minimum absolute atomic E-state index is 0.297. The Balaban J connectivity index is 2.20. The molecule has 1 aliphatic heterocycles. The summed E-state index contributed by atoms with van der Waals surface area (Å²) in [4.78, 5) is 28.4. The summed E-state index contributed by atoms with van der Waals surface area (Å²) in [6.45, 7) is 4.48. The van der Waals surface area contributed by atoms with Crippen LogP contribution in [0.1, 0.15) is 31.6 Å². The van der Waals surface area contributed by atoms with Gasteiger partial charge in [0.2, 0.25) is 0 Å². The van der Waals surface area contributed by atoms with Crippen molar-refractivity contribution in [2.24, 2.45) is 5.11 Å². The lowest BCUT2D eigenvalue weighted by atomic mass is 10.1. The molecule has 0 spiro atoms. The number of nitrogens with one attached hydrogen (secondary N) is 1. The van der Waals surface area contributed by atoms with Gasteiger partial charge in [0.25, 0.3) is 5.56 Å². The van der Waals surface area contributed by atoms with Crippen LogP contribution < -0.4 is 11.2 Å². The van der Waals surface area contributed by atoms with Crippen LogP contribution in [0.5, 0.6) is 0 Å². The number of rotatable bonds is 6. The van der Waals surface area contributed by atoms with Gasteiger partial charge in [-0.15, -0.1) is 0 Å². The zero-order valence-electron chi connectivity index (χ0n) is 12.6. The summed E-state index contributed by atoms with van der Waals surface area (Å²) in [6, 6.07) is -0.411. The maximum atomic E-state index is 11.9. The molecule has 0 radical (unpaired) electrons. The van der Waals surface area contributed by atoms with E-state index in [-0.39, 0.29) is 0 Å². The molecule has 0 saturated carbocycles. The van der Waals surface area contributed by atoms with E-state index in [2.05, 4.69) is 15.0 Å². The number of aryl methyl sites for hydroxylation is 1. The lowest BCUT2D eigenvalue weighted by Gasteiger charge is -2.16. The van der Waals surface area contributed by atoms with E-state index in [0.717, 1.165) is 6.42 Å². The van der Waals surface area contributed by atoms with Crippen molar-refractivity contribution >= 4 is 0 Å². The molecule has 0 bridgehead atoms. The molecule has 1 unspecified atom stereocenters. The summed E-state index contributed by atoms with van der Waals surface area (Å²) in [5, 5.41) is 3.72. The van der Waals surface area contributed by atoms with Crippen molar-refractivity contribution in [2.75, 3.05) is 13.2 Å². The second-order valence-electron chi connectivity index (χ2n) is 5.19. The first-order valence-corrected chi connectivity index (χ1v) is 7.16. The molecular formula is C13H19N5O4. The first-order chi connectivity index (χ1) is 10.6. The molecule has 1 fully saturated rings. The predicted octanol–water partition coefficient (Wildman–Crippen LogP) is 1.24. The monoisotopic (exact) mass is 309 g/mol. The molecule has 2 heterocycles. The molecule has 3 atom stereocenters. The Morgan fingerprint density at radius 1 is 1.59 bits per heavy atom. The smallest absolute Gasteiger partial charge is 0.330 e. The third-order valence-corrected chi connectivity index (χ3v) is 3.49. The Morgan fingerprint density at radius 2 is 2.36 bits per heavy atom. The molecule has 120 valence electrons. The highest BCUT2D eigenvalue weighted by atomic mass is 16.6. The van der Waals surface area contributed by atoms with Gasteiger partial charge >= 0.3 is 5.69 Å². The maximum absolute atomic E-state index is 11.9. The standard InChI is InChI=1S/C13H19N5O4/c1-3-4-21-7-10-9(16-17-14)5-11(22-10)18-6-8(2)12(19)15-13(18)20/h6,9-11H,3-5,7H2,1-2H3,(H,15,19,20)/t9?,10-,11-/m1/s1. The zero-order valence-corrected chi connectivity index (χ0v) is 12.6. The topological polar surface area (TPSA) is 122 Å². The number of H-pyrrole nitrogens is 1. The molecule has 9 heteroatoms. The van der Waals surface area contributed by atoms with Crippen LogP contribution in [0.4, 0.5) is 0 Å². The van der Waals surface area contributed by atoms with Gasteiger partial charge in [-0.2, -0.15) is 0 Å². The molecule has 1 aromatic rings. The fourth-order valence-corrected chi connectivity index (χ4v) is 2.37. The highest BCUT2D eigenvalue weighted by molar-refractivity contribution is 5.02. The number of hydrogen-bond acceptors (Lipinski definition) is 5. The van der Waals surface area contributed by atoms with E-state index >= 15 is 0 Å². The fourth-order valence-electron chi connectivity index (χ4n) is 2.37. The number of ether oxygens (including phenoxy) is 2. The molecule has 2 rings (SSSR count). The fraction of sp³-hybridized carbons (Fsp3) is 0.692. The summed E-state index contributed by atoms with van der Waals surface area (Å²) in [5.41, 5.74) is 8.10. The Hall–Kier alpha value is -2.09. The molecule has 1 saturated heterocycles. The third-order valence-electron chi connectivity index (χ3n) is 3.49. The SMILES string of the molecule is CCCOC[C@H]1O[C@@H](n2cc(C)c(=O)[nH]c2=O)CC1N=[N+]=[N-]. The van der Waals surface area contributed by atoms with E-state index in [1.807, 2.05) is 6.92 Å². The molecule has 22 heavy (non-hydrogen) atoms. The second-order valence-corrected chi connectivity index (χ2v) is 5.19. The lowest BCUT2D eigenvalue weighted by molar-refractivity contribution is -0.0452. The Bertz CT molecular complexity index is 676. The summed E-state index contributed by atoms with van der Waals surface area (Å²) < 4.78 is 12.5. The normalized spacial score (nSPS) is 24.2. The van der Waals surface area contributed by atoms with Gasteiger partial charge in [0.05, 0.1) is 18.8 Å². The number of nitrogens with zero attached hydrogens (tertiary/aromatic N) is 4. The molecule has 9 nitrogen and oxygen atoms in total. The molecule has 0 aromatic carbocycles. The van der Waals surface area contributed by atoms with Gasteiger partial charge in [-0.05, 0) is 18.9 Å². The van der Waals surface area contributed by atoms with Crippen LogP contribution >= 0.6 is 0 Å². The van der Waals surface area contributed by atoms with E-state index < -0.39 is 29.6 Å². The van der Waals surface area contributed by atoms with Crippen LogP contribution in [0.2, 0.25) is 0 Å². The third kappa shape index (κ3) is 3.56. The lowest BCUT2D eigenvalue weighted by Crippen LogP contribution is -2.33. The average Bonchev–Trinajstić information content (AvgIpc) is 2.87. The minimum Gasteiger partial charge on any atom is -0.379 e. The number of hydrogen-bond donors (Lipinski definition) is 1. The quantitative estimate of drug-likeness (QED) is 0.367. The van der Waals surface area contributed by atoms with E-state index in [9.17, 15) is 9.59 Å². The Kier molecular flexibility index (Phi) is 5.37. The summed E-state index contributed by atoms with van der Waals surface area (Å²) in [5.74, 6) is 0. The van der Waals surface area contributed by atoms with Crippen molar-refractivity contribution in [1.29, 1.82) is 0 Å². The average molecular weight is 309 g/mol. The van der Waals surface area contributed by atoms with Crippen molar-refractivity contribution in [3.63, 3.8) is 0 Å². The van der Waals surface area contributed by atoms with E-state index in [4.69, 9.17) is 15.0 Å². The molecule has 0 aliphatic carbocycles. The molecular weight excluding hydrogens is 290 g/mol. The predicted molar refractivity (Wildman–Crippen MR) is 78.6 cm³/mol. The van der Waals surface area contributed by atoms with Crippen molar-refractivity contribution in [2.45, 2.75) is 45.1 Å². The summed E-state index contributed by atoms with van der Waals surface area (Å²) in [6.07, 6.45) is 1.69. The first kappa shape index (κ1) is 16.3. The van der Waals surface area contributed by atoms with Gasteiger partial charge in [0.1, 0.15) is 6.23 Å². The number of aromatic amines is 1. The van der Waals surface area contributed by atoms with Crippen molar-refractivity contribution in [3.8, 4) is 0 Å². The number of aromatic nitrogens is 2. The highest BCUT2D eigenvalue weighted by Crippen LogP contribution is 2.30. The summed E-state index contributed by atoms with van der Waals surface area (Å²) >= 11 is 0. The Morgan fingerprint density at radius 3 is 3.05 bits per heavy atom. The minimum atomic E-state index is -0.589. The van der Waals surface area contributed by atoms with Crippen LogP contribution in [0.15, 0.2) is 20.9 Å². The number of azide groups is 1. The first-order valence-electron chi connectivity index (χ1n) is 7.16. The maximum Gasteiger partial charge on any atom is 0.330 e. The van der Waals surface area contributed by atoms with Crippen molar-refractivity contribution in [1.82, 2.24) is 9.55 Å².